The van der Waals surface area contributed by atoms with Gasteiger partial charge in [-0.25, -0.2) is 14.8 Å². The topological polar surface area (TPSA) is 69.2 Å². The van der Waals surface area contributed by atoms with Crippen molar-refractivity contribution in [2.75, 3.05) is 6.61 Å². The van der Waals surface area contributed by atoms with Crippen molar-refractivity contribution in [3.63, 3.8) is 0 Å². The summed E-state index contributed by atoms with van der Waals surface area (Å²) in [7, 11) is 0. The van der Waals surface area contributed by atoms with Crippen molar-refractivity contribution in [3.8, 4) is 11.1 Å². The lowest BCUT2D eigenvalue weighted by molar-refractivity contribution is 0.0475. The molecule has 5 heteroatoms. The number of aryl methyl sites for hydroxylation is 2. The van der Waals surface area contributed by atoms with Gasteiger partial charge in [-0.15, -0.1) is 0 Å². The first-order valence-corrected chi connectivity index (χ1v) is 9.62. The molecule has 0 aliphatic rings. The maximum Gasteiger partial charge on any atom is 0.338 e. The normalized spacial score (nSPS) is 10.7. The van der Waals surface area contributed by atoms with E-state index < -0.39 is 5.97 Å². The lowest BCUT2D eigenvalue weighted by atomic mass is 10.0. The Labute approximate surface area is 174 Å². The van der Waals surface area contributed by atoms with Crippen molar-refractivity contribution in [2.45, 2.75) is 13.8 Å². The molecule has 4 rings (SSSR count). The van der Waals surface area contributed by atoms with Crippen LogP contribution in [0, 0.1) is 13.8 Å². The average Bonchev–Trinajstić information content (AvgIpc) is 2.78. The number of aromatic nitrogens is 2. The maximum atomic E-state index is 12.4. The molecule has 30 heavy (non-hydrogen) atoms. The van der Waals surface area contributed by atoms with E-state index >= 15 is 0 Å². The highest BCUT2D eigenvalue weighted by Crippen LogP contribution is 2.20. The number of hydrogen-bond donors (Lipinski definition) is 0. The molecule has 4 aromatic rings. The van der Waals surface area contributed by atoms with Gasteiger partial charge in [0.15, 0.2) is 12.4 Å². The number of rotatable bonds is 5. The van der Waals surface area contributed by atoms with Gasteiger partial charge in [0.1, 0.15) is 0 Å². The van der Waals surface area contributed by atoms with Crippen LogP contribution in [0.4, 0.5) is 0 Å². The highest BCUT2D eigenvalue weighted by Gasteiger charge is 2.13. The van der Waals surface area contributed by atoms with Crippen LogP contribution in [0.1, 0.15) is 32.1 Å². The lowest BCUT2D eigenvalue weighted by Gasteiger charge is -2.07. The average molecular weight is 396 g/mol. The SMILES string of the molecule is Cc1nc2ccc(C(=O)OCC(=O)c3ccc(-c4ccccc4)cc3)cc2nc1C. The minimum Gasteiger partial charge on any atom is -0.454 e. The molecular formula is C25H20N2O3. The number of esters is 1. The summed E-state index contributed by atoms with van der Waals surface area (Å²) < 4.78 is 5.23. The molecule has 0 amide bonds. The molecule has 0 atom stereocenters. The van der Waals surface area contributed by atoms with Crippen molar-refractivity contribution in [2.24, 2.45) is 0 Å². The van der Waals surface area contributed by atoms with E-state index in [1.54, 1.807) is 30.3 Å². The smallest absolute Gasteiger partial charge is 0.338 e. The fraction of sp³-hybridized carbons (Fsp3) is 0.120. The molecule has 3 aromatic carbocycles. The molecule has 0 spiro atoms. The highest BCUT2D eigenvalue weighted by atomic mass is 16.5. The molecule has 0 unspecified atom stereocenters. The van der Waals surface area contributed by atoms with Crippen LogP contribution in [-0.4, -0.2) is 28.3 Å². The minimum absolute atomic E-state index is 0.255. The summed E-state index contributed by atoms with van der Waals surface area (Å²) in [5.41, 5.74) is 5.92. The van der Waals surface area contributed by atoms with E-state index in [-0.39, 0.29) is 12.4 Å². The fourth-order valence-corrected chi connectivity index (χ4v) is 3.13. The first-order valence-electron chi connectivity index (χ1n) is 9.62. The first kappa shape index (κ1) is 19.5. The zero-order chi connectivity index (χ0) is 21.1. The molecule has 1 heterocycles. The van der Waals surface area contributed by atoms with Crippen LogP contribution in [0.3, 0.4) is 0 Å². The molecular weight excluding hydrogens is 376 g/mol. The van der Waals surface area contributed by atoms with Crippen LogP contribution in [0.2, 0.25) is 0 Å². The van der Waals surface area contributed by atoms with E-state index in [4.69, 9.17) is 4.74 Å². The van der Waals surface area contributed by atoms with Crippen LogP contribution in [0.15, 0.2) is 72.8 Å². The van der Waals surface area contributed by atoms with Gasteiger partial charge in [0.25, 0.3) is 0 Å². The summed E-state index contributed by atoms with van der Waals surface area (Å²) in [6, 6.07) is 22.2. The molecule has 0 N–H and O–H groups in total. The summed E-state index contributed by atoms with van der Waals surface area (Å²) in [6.07, 6.45) is 0. The van der Waals surface area contributed by atoms with E-state index in [1.165, 1.54) is 0 Å². The third-order valence-corrected chi connectivity index (χ3v) is 4.96. The predicted molar refractivity (Wildman–Crippen MR) is 116 cm³/mol. The molecule has 0 aliphatic carbocycles. The van der Waals surface area contributed by atoms with Gasteiger partial charge < -0.3 is 4.74 Å². The molecule has 0 saturated carbocycles. The third kappa shape index (κ3) is 4.10. The summed E-state index contributed by atoms with van der Waals surface area (Å²) >= 11 is 0. The summed E-state index contributed by atoms with van der Waals surface area (Å²) in [4.78, 5) is 33.7. The first-order chi connectivity index (χ1) is 14.5. The third-order valence-electron chi connectivity index (χ3n) is 4.96. The minimum atomic E-state index is -0.564. The lowest BCUT2D eigenvalue weighted by Crippen LogP contribution is -2.14. The maximum absolute atomic E-state index is 12.4. The second-order valence-electron chi connectivity index (χ2n) is 7.04. The Morgan fingerprint density at radius 1 is 0.733 bits per heavy atom. The Bertz CT molecular complexity index is 1230. The summed E-state index contributed by atoms with van der Waals surface area (Å²) in [5.74, 6) is -0.818. The van der Waals surface area contributed by atoms with Gasteiger partial charge in [0.05, 0.1) is 28.0 Å². The number of ketones is 1. The van der Waals surface area contributed by atoms with E-state index in [9.17, 15) is 9.59 Å². The number of Topliss-reactive ketones (excluding diaryl/α,β-unsaturated/α-hetero) is 1. The highest BCUT2D eigenvalue weighted by molar-refractivity contribution is 6.00. The Balaban J connectivity index is 1.43. The molecule has 0 aliphatic heterocycles. The molecule has 0 fully saturated rings. The monoisotopic (exact) mass is 396 g/mol. The van der Waals surface area contributed by atoms with E-state index in [0.29, 0.717) is 22.2 Å². The number of nitrogens with zero attached hydrogens (tertiary/aromatic N) is 2. The van der Waals surface area contributed by atoms with Gasteiger partial charge in [0, 0.05) is 5.56 Å². The zero-order valence-electron chi connectivity index (χ0n) is 16.8. The Hall–Kier alpha value is -3.86. The van der Waals surface area contributed by atoms with Crippen molar-refractivity contribution in [3.05, 3.63) is 95.3 Å². The van der Waals surface area contributed by atoms with Crippen molar-refractivity contribution >= 4 is 22.8 Å². The number of carbonyl (C=O) groups is 2. The Morgan fingerprint density at radius 2 is 1.33 bits per heavy atom. The quantitative estimate of drug-likeness (QED) is 0.352. The molecule has 148 valence electrons. The molecule has 5 nitrogen and oxygen atoms in total. The Kier molecular flexibility index (Phi) is 5.35. The van der Waals surface area contributed by atoms with Gasteiger partial charge in [-0.3, -0.25) is 4.79 Å². The fourth-order valence-electron chi connectivity index (χ4n) is 3.13. The van der Waals surface area contributed by atoms with Gasteiger partial charge >= 0.3 is 5.97 Å². The van der Waals surface area contributed by atoms with E-state index in [1.807, 2.05) is 56.3 Å². The number of hydrogen-bond acceptors (Lipinski definition) is 5. The summed E-state index contributed by atoms with van der Waals surface area (Å²) in [5, 5.41) is 0. The van der Waals surface area contributed by atoms with Crippen LogP contribution in [0.5, 0.6) is 0 Å². The van der Waals surface area contributed by atoms with Crippen molar-refractivity contribution in [1.82, 2.24) is 9.97 Å². The molecule has 0 bridgehead atoms. The Morgan fingerprint density at radius 3 is 2.03 bits per heavy atom. The number of ether oxygens (including phenoxy) is 1. The van der Waals surface area contributed by atoms with Crippen LogP contribution < -0.4 is 0 Å². The van der Waals surface area contributed by atoms with E-state index in [0.717, 1.165) is 22.5 Å². The van der Waals surface area contributed by atoms with Gasteiger partial charge in [-0.2, -0.15) is 0 Å². The number of benzene rings is 3. The molecule has 0 radical (unpaired) electrons. The summed E-state index contributed by atoms with van der Waals surface area (Å²) in [6.45, 7) is 3.44. The van der Waals surface area contributed by atoms with Gasteiger partial charge in [0.2, 0.25) is 0 Å². The van der Waals surface area contributed by atoms with Gasteiger partial charge in [-0.1, -0.05) is 54.6 Å². The van der Waals surface area contributed by atoms with E-state index in [2.05, 4.69) is 9.97 Å². The second kappa shape index (κ2) is 8.25. The molecule has 0 saturated heterocycles. The predicted octanol–water partition coefficient (Wildman–Crippen LogP) is 4.95. The molecule has 1 aromatic heterocycles. The number of fused-ring (bicyclic) bond motifs is 1. The zero-order valence-corrected chi connectivity index (χ0v) is 16.8. The van der Waals surface area contributed by atoms with Gasteiger partial charge in [-0.05, 0) is 43.2 Å². The van der Waals surface area contributed by atoms with Crippen LogP contribution in [0.25, 0.3) is 22.2 Å². The van der Waals surface area contributed by atoms with Crippen LogP contribution >= 0.6 is 0 Å². The van der Waals surface area contributed by atoms with Crippen molar-refractivity contribution < 1.29 is 14.3 Å². The van der Waals surface area contributed by atoms with Crippen molar-refractivity contribution in [1.29, 1.82) is 0 Å². The second-order valence-corrected chi connectivity index (χ2v) is 7.04. The number of carbonyl (C=O) groups excluding carboxylic acids is 2. The van der Waals surface area contributed by atoms with Crippen LogP contribution in [-0.2, 0) is 4.74 Å². The standard InChI is InChI=1S/C25H20N2O3/c1-16-17(2)27-23-14-21(12-13-22(23)26-16)25(29)30-15-24(28)20-10-8-19(9-11-20)18-6-4-3-5-7-18/h3-14H,15H2,1-2H3. The largest absolute Gasteiger partial charge is 0.454 e.